The highest BCUT2D eigenvalue weighted by Crippen LogP contribution is 2.15. The number of rotatable bonds is 9. The molecule has 1 saturated heterocycles. The van der Waals surface area contributed by atoms with Gasteiger partial charge in [-0.2, -0.15) is 0 Å². The molecule has 0 aromatic rings. The van der Waals surface area contributed by atoms with Crippen LogP contribution < -0.4 is 5.32 Å². The quantitative estimate of drug-likeness (QED) is 0.588. The van der Waals surface area contributed by atoms with E-state index in [9.17, 15) is 0 Å². The summed E-state index contributed by atoms with van der Waals surface area (Å²) in [5.74, 6) is 0.744. The molecule has 0 aromatic heterocycles. The molecule has 0 bridgehead atoms. The number of methoxy groups -OCH3 is 1. The molecule has 0 aliphatic carbocycles. The van der Waals surface area contributed by atoms with E-state index in [0.29, 0.717) is 0 Å². The molecule has 0 aromatic carbocycles. The van der Waals surface area contributed by atoms with Crippen LogP contribution in [0.4, 0.5) is 0 Å². The third-order valence-corrected chi connectivity index (χ3v) is 3.00. The minimum absolute atomic E-state index is 0.744. The zero-order valence-electron chi connectivity index (χ0n) is 10.7. The van der Waals surface area contributed by atoms with Crippen LogP contribution in [-0.4, -0.2) is 64.6 Å². The SMILES string of the molecule is CCOCCNCCN1CCC(COC)C1. The van der Waals surface area contributed by atoms with E-state index in [0.717, 1.165) is 45.4 Å². The van der Waals surface area contributed by atoms with Gasteiger partial charge in [-0.15, -0.1) is 0 Å². The smallest absolute Gasteiger partial charge is 0.0590 e. The Bertz CT molecular complexity index is 167. The highest BCUT2D eigenvalue weighted by Gasteiger charge is 2.21. The van der Waals surface area contributed by atoms with Gasteiger partial charge in [0.2, 0.25) is 0 Å². The average molecular weight is 230 g/mol. The summed E-state index contributed by atoms with van der Waals surface area (Å²) in [6.07, 6.45) is 1.28. The van der Waals surface area contributed by atoms with E-state index in [1.54, 1.807) is 7.11 Å². The van der Waals surface area contributed by atoms with Gasteiger partial charge >= 0.3 is 0 Å². The minimum Gasteiger partial charge on any atom is -0.384 e. The Kier molecular flexibility index (Phi) is 7.76. The maximum atomic E-state index is 5.26. The van der Waals surface area contributed by atoms with Gasteiger partial charge in [0.05, 0.1) is 13.2 Å². The number of nitrogens with one attached hydrogen (secondary N) is 1. The van der Waals surface area contributed by atoms with Crippen molar-refractivity contribution in [2.24, 2.45) is 5.92 Å². The van der Waals surface area contributed by atoms with Gasteiger partial charge in [-0.3, -0.25) is 0 Å². The summed E-state index contributed by atoms with van der Waals surface area (Å²) in [6, 6.07) is 0. The topological polar surface area (TPSA) is 33.7 Å². The lowest BCUT2D eigenvalue weighted by molar-refractivity contribution is 0.147. The third kappa shape index (κ3) is 5.80. The van der Waals surface area contributed by atoms with Crippen molar-refractivity contribution in [2.75, 3.05) is 59.7 Å². The van der Waals surface area contributed by atoms with E-state index in [4.69, 9.17) is 9.47 Å². The van der Waals surface area contributed by atoms with Crippen molar-refractivity contribution in [2.45, 2.75) is 13.3 Å². The van der Waals surface area contributed by atoms with Crippen molar-refractivity contribution in [3.63, 3.8) is 0 Å². The van der Waals surface area contributed by atoms with Crippen molar-refractivity contribution in [3.05, 3.63) is 0 Å². The van der Waals surface area contributed by atoms with Gasteiger partial charge in [0, 0.05) is 39.9 Å². The van der Waals surface area contributed by atoms with Crippen molar-refractivity contribution < 1.29 is 9.47 Å². The molecule has 0 radical (unpaired) electrons. The zero-order chi connectivity index (χ0) is 11.6. The molecule has 96 valence electrons. The lowest BCUT2D eigenvalue weighted by atomic mass is 10.1. The van der Waals surface area contributed by atoms with E-state index < -0.39 is 0 Å². The molecule has 0 saturated carbocycles. The first-order valence-corrected chi connectivity index (χ1v) is 6.36. The maximum absolute atomic E-state index is 5.26. The van der Waals surface area contributed by atoms with E-state index in [2.05, 4.69) is 10.2 Å². The van der Waals surface area contributed by atoms with Gasteiger partial charge in [0.1, 0.15) is 0 Å². The standard InChI is InChI=1S/C12H26N2O2/c1-3-16-9-6-13-5-8-14-7-4-12(10-14)11-15-2/h12-13H,3-11H2,1-2H3. The molecule has 0 amide bonds. The second-order valence-corrected chi connectivity index (χ2v) is 4.36. The number of hydrogen-bond donors (Lipinski definition) is 1. The number of ether oxygens (including phenoxy) is 2. The summed E-state index contributed by atoms with van der Waals surface area (Å²) in [5, 5.41) is 3.40. The molecule has 1 aliphatic heterocycles. The Hall–Kier alpha value is -0.160. The number of hydrogen-bond acceptors (Lipinski definition) is 4. The van der Waals surface area contributed by atoms with Crippen molar-refractivity contribution in [1.82, 2.24) is 10.2 Å². The first-order chi connectivity index (χ1) is 7.86. The molecular formula is C12H26N2O2. The highest BCUT2D eigenvalue weighted by atomic mass is 16.5. The van der Waals surface area contributed by atoms with Crippen LogP contribution in [0.3, 0.4) is 0 Å². The molecule has 1 atom stereocenters. The van der Waals surface area contributed by atoms with Crippen molar-refractivity contribution in [3.8, 4) is 0 Å². The van der Waals surface area contributed by atoms with E-state index in [1.165, 1.54) is 19.5 Å². The monoisotopic (exact) mass is 230 g/mol. The molecule has 1 unspecified atom stereocenters. The van der Waals surface area contributed by atoms with Crippen molar-refractivity contribution >= 4 is 0 Å². The second-order valence-electron chi connectivity index (χ2n) is 4.36. The largest absolute Gasteiger partial charge is 0.384 e. The van der Waals surface area contributed by atoms with E-state index in [-0.39, 0.29) is 0 Å². The Morgan fingerprint density at radius 1 is 1.38 bits per heavy atom. The molecule has 16 heavy (non-hydrogen) atoms. The number of nitrogens with zero attached hydrogens (tertiary/aromatic N) is 1. The molecular weight excluding hydrogens is 204 g/mol. The lowest BCUT2D eigenvalue weighted by Gasteiger charge is -2.16. The van der Waals surface area contributed by atoms with Gasteiger partial charge in [0.25, 0.3) is 0 Å². The predicted octanol–water partition coefficient (Wildman–Crippen LogP) is 0.581. The molecule has 1 aliphatic rings. The van der Waals surface area contributed by atoms with Gasteiger partial charge in [-0.25, -0.2) is 0 Å². The fraction of sp³-hybridized carbons (Fsp3) is 1.00. The van der Waals surface area contributed by atoms with Gasteiger partial charge in [-0.1, -0.05) is 0 Å². The van der Waals surface area contributed by atoms with Crippen LogP contribution in [0.1, 0.15) is 13.3 Å². The third-order valence-electron chi connectivity index (χ3n) is 3.00. The first-order valence-electron chi connectivity index (χ1n) is 6.36. The Morgan fingerprint density at radius 3 is 3.00 bits per heavy atom. The van der Waals surface area contributed by atoms with E-state index in [1.807, 2.05) is 6.92 Å². The minimum atomic E-state index is 0.744. The van der Waals surface area contributed by atoms with Crippen LogP contribution in [0.2, 0.25) is 0 Å². The molecule has 1 fully saturated rings. The van der Waals surface area contributed by atoms with Crippen LogP contribution in [0, 0.1) is 5.92 Å². The van der Waals surface area contributed by atoms with Gasteiger partial charge in [0.15, 0.2) is 0 Å². The Labute approximate surface area is 99.3 Å². The average Bonchev–Trinajstić information content (AvgIpc) is 2.72. The maximum Gasteiger partial charge on any atom is 0.0590 e. The summed E-state index contributed by atoms with van der Waals surface area (Å²) >= 11 is 0. The second kappa shape index (κ2) is 8.93. The summed E-state index contributed by atoms with van der Waals surface area (Å²) < 4.78 is 10.4. The molecule has 4 nitrogen and oxygen atoms in total. The Balaban J connectivity index is 1.90. The molecule has 1 N–H and O–H groups in total. The fourth-order valence-electron chi connectivity index (χ4n) is 2.14. The van der Waals surface area contributed by atoms with E-state index >= 15 is 0 Å². The molecule has 1 heterocycles. The lowest BCUT2D eigenvalue weighted by Crippen LogP contribution is -2.32. The Morgan fingerprint density at radius 2 is 2.25 bits per heavy atom. The normalized spacial score (nSPS) is 21.8. The van der Waals surface area contributed by atoms with Crippen LogP contribution in [0.5, 0.6) is 0 Å². The van der Waals surface area contributed by atoms with Gasteiger partial charge in [-0.05, 0) is 25.8 Å². The van der Waals surface area contributed by atoms with Crippen LogP contribution in [0.15, 0.2) is 0 Å². The summed E-state index contributed by atoms with van der Waals surface area (Å²) in [5.41, 5.74) is 0. The predicted molar refractivity (Wildman–Crippen MR) is 65.8 cm³/mol. The molecule has 4 heteroatoms. The highest BCUT2D eigenvalue weighted by molar-refractivity contribution is 4.75. The van der Waals surface area contributed by atoms with Crippen molar-refractivity contribution in [1.29, 1.82) is 0 Å². The summed E-state index contributed by atoms with van der Waals surface area (Å²) in [6.45, 7) is 10.2. The van der Waals surface area contributed by atoms with Crippen LogP contribution in [-0.2, 0) is 9.47 Å². The molecule has 1 rings (SSSR count). The fourth-order valence-corrected chi connectivity index (χ4v) is 2.14. The number of likely N-dealkylation sites (tertiary alicyclic amines) is 1. The summed E-state index contributed by atoms with van der Waals surface area (Å²) in [4.78, 5) is 2.51. The van der Waals surface area contributed by atoms with Crippen LogP contribution in [0.25, 0.3) is 0 Å². The zero-order valence-corrected chi connectivity index (χ0v) is 10.7. The van der Waals surface area contributed by atoms with Gasteiger partial charge < -0.3 is 19.7 Å². The molecule has 0 spiro atoms. The summed E-state index contributed by atoms with van der Waals surface area (Å²) in [7, 11) is 1.79. The van der Waals surface area contributed by atoms with Crippen LogP contribution >= 0.6 is 0 Å². The first kappa shape index (κ1) is 13.9.